The molecule has 0 amide bonds. The van der Waals surface area contributed by atoms with Crippen LogP contribution < -0.4 is 5.32 Å². The molecule has 0 aromatic heterocycles. The monoisotopic (exact) mass is 237 g/mol. The number of hydrogen-bond donors (Lipinski definition) is 1. The Morgan fingerprint density at radius 1 is 1.06 bits per heavy atom. The van der Waals surface area contributed by atoms with Gasteiger partial charge >= 0.3 is 0 Å². The molecule has 0 saturated carbocycles. The molecule has 0 bridgehead atoms. The third kappa shape index (κ3) is 2.32. The largest absolute Gasteiger partial charge is 0.312 e. The maximum absolute atomic E-state index is 3.56. The molecule has 1 unspecified atom stereocenters. The summed E-state index contributed by atoms with van der Waals surface area (Å²) < 4.78 is 0. The molecule has 0 radical (unpaired) electrons. The quantitative estimate of drug-likeness (QED) is 0.859. The van der Waals surface area contributed by atoms with Gasteiger partial charge in [0.1, 0.15) is 0 Å². The van der Waals surface area contributed by atoms with Crippen LogP contribution in [0.15, 0.2) is 48.5 Å². The first-order valence-corrected chi connectivity index (χ1v) is 6.67. The lowest BCUT2D eigenvalue weighted by Crippen LogP contribution is -2.28. The van der Waals surface area contributed by atoms with Gasteiger partial charge in [-0.2, -0.15) is 0 Å². The molecule has 1 aliphatic rings. The second-order valence-electron chi connectivity index (χ2n) is 5.22. The van der Waals surface area contributed by atoms with Crippen LogP contribution in [0, 0.1) is 6.92 Å². The Kier molecular flexibility index (Phi) is 3.16. The van der Waals surface area contributed by atoms with Crippen LogP contribution in [0.1, 0.15) is 28.2 Å². The number of fused-ring (bicyclic) bond motifs is 1. The summed E-state index contributed by atoms with van der Waals surface area (Å²) in [5.41, 5.74) is 5.76. The second kappa shape index (κ2) is 4.95. The molecule has 18 heavy (non-hydrogen) atoms. The van der Waals surface area contributed by atoms with Crippen molar-refractivity contribution in [2.75, 3.05) is 6.54 Å². The molecular weight excluding hydrogens is 218 g/mol. The summed E-state index contributed by atoms with van der Waals surface area (Å²) in [6.45, 7) is 4.19. The smallest absolute Gasteiger partial charge is 0.0205 e. The Morgan fingerprint density at radius 2 is 1.83 bits per heavy atom. The number of hydrogen-bond acceptors (Lipinski definition) is 1. The first kappa shape index (κ1) is 11.5. The molecule has 0 heterocycles. The van der Waals surface area contributed by atoms with Crippen LogP contribution in [0.2, 0.25) is 0 Å². The van der Waals surface area contributed by atoms with E-state index in [1.807, 2.05) is 0 Å². The van der Waals surface area contributed by atoms with Crippen molar-refractivity contribution in [3.05, 3.63) is 70.8 Å². The van der Waals surface area contributed by atoms with E-state index in [0.717, 1.165) is 13.1 Å². The predicted octanol–water partition coefficient (Wildman–Crippen LogP) is 3.42. The summed E-state index contributed by atoms with van der Waals surface area (Å²) in [5.74, 6) is 0.714. The molecule has 1 atom stereocenters. The molecule has 2 aromatic carbocycles. The van der Waals surface area contributed by atoms with E-state index in [1.165, 1.54) is 28.7 Å². The number of benzene rings is 2. The van der Waals surface area contributed by atoms with Crippen LogP contribution in [0.3, 0.4) is 0 Å². The van der Waals surface area contributed by atoms with E-state index >= 15 is 0 Å². The topological polar surface area (TPSA) is 12.0 Å². The van der Waals surface area contributed by atoms with Crippen molar-refractivity contribution in [1.29, 1.82) is 0 Å². The van der Waals surface area contributed by atoms with Gasteiger partial charge in [0.05, 0.1) is 0 Å². The predicted molar refractivity (Wildman–Crippen MR) is 75.8 cm³/mol. The lowest BCUT2D eigenvalue weighted by Gasteiger charge is -2.30. The van der Waals surface area contributed by atoms with Crippen LogP contribution >= 0.6 is 0 Å². The molecule has 1 N–H and O–H groups in total. The average molecular weight is 237 g/mol. The fourth-order valence-corrected chi connectivity index (χ4v) is 2.64. The van der Waals surface area contributed by atoms with Crippen molar-refractivity contribution in [3.63, 3.8) is 0 Å². The van der Waals surface area contributed by atoms with Crippen LogP contribution in [-0.2, 0) is 13.0 Å². The Balaban J connectivity index is 1.51. The first-order valence-electron chi connectivity index (χ1n) is 6.67. The molecule has 0 spiro atoms. The summed E-state index contributed by atoms with van der Waals surface area (Å²) in [6.07, 6.45) is 1.23. The Hall–Kier alpha value is -1.60. The average Bonchev–Trinajstić information content (AvgIpc) is 2.37. The van der Waals surface area contributed by atoms with Crippen LogP contribution in [0.5, 0.6) is 0 Å². The van der Waals surface area contributed by atoms with Crippen molar-refractivity contribution in [2.24, 2.45) is 0 Å². The van der Waals surface area contributed by atoms with Crippen LogP contribution in [0.25, 0.3) is 0 Å². The van der Waals surface area contributed by atoms with E-state index in [0.29, 0.717) is 5.92 Å². The normalized spacial score (nSPS) is 17.1. The zero-order valence-corrected chi connectivity index (χ0v) is 10.8. The van der Waals surface area contributed by atoms with Gasteiger partial charge in [0.25, 0.3) is 0 Å². The van der Waals surface area contributed by atoms with E-state index in [2.05, 4.69) is 60.8 Å². The van der Waals surface area contributed by atoms with E-state index in [4.69, 9.17) is 0 Å². The van der Waals surface area contributed by atoms with E-state index in [9.17, 15) is 0 Å². The van der Waals surface area contributed by atoms with Gasteiger partial charge in [-0.25, -0.2) is 0 Å². The van der Waals surface area contributed by atoms with E-state index < -0.39 is 0 Å². The second-order valence-corrected chi connectivity index (χ2v) is 5.22. The zero-order chi connectivity index (χ0) is 12.4. The molecular formula is C17H19N. The highest BCUT2D eigenvalue weighted by Gasteiger charge is 2.24. The molecule has 92 valence electrons. The van der Waals surface area contributed by atoms with Crippen molar-refractivity contribution in [3.8, 4) is 0 Å². The van der Waals surface area contributed by atoms with Gasteiger partial charge in [-0.15, -0.1) is 0 Å². The lowest BCUT2D eigenvalue weighted by molar-refractivity contribution is 0.535. The van der Waals surface area contributed by atoms with Gasteiger partial charge in [0, 0.05) is 19.0 Å². The van der Waals surface area contributed by atoms with Crippen LogP contribution in [-0.4, -0.2) is 6.54 Å². The number of nitrogens with one attached hydrogen (secondary N) is 1. The molecule has 3 rings (SSSR count). The Bertz CT molecular complexity index is 528. The SMILES string of the molecule is Cc1ccc(CNCC2Cc3ccccc32)cc1. The van der Waals surface area contributed by atoms with Gasteiger partial charge in [0.2, 0.25) is 0 Å². The highest BCUT2D eigenvalue weighted by molar-refractivity contribution is 5.40. The number of aryl methyl sites for hydroxylation is 1. The minimum absolute atomic E-state index is 0.714. The molecule has 1 heteroatoms. The maximum Gasteiger partial charge on any atom is 0.0205 e. The van der Waals surface area contributed by atoms with Gasteiger partial charge in [-0.1, -0.05) is 54.1 Å². The Morgan fingerprint density at radius 3 is 2.61 bits per heavy atom. The highest BCUT2D eigenvalue weighted by atomic mass is 14.9. The Labute approximate surface area is 109 Å². The first-order chi connectivity index (χ1) is 8.83. The van der Waals surface area contributed by atoms with Crippen molar-refractivity contribution >= 4 is 0 Å². The molecule has 0 fully saturated rings. The fraction of sp³-hybridized carbons (Fsp3) is 0.294. The van der Waals surface area contributed by atoms with Gasteiger partial charge < -0.3 is 5.32 Å². The third-order valence-electron chi connectivity index (χ3n) is 3.80. The van der Waals surface area contributed by atoms with Gasteiger partial charge in [-0.3, -0.25) is 0 Å². The maximum atomic E-state index is 3.56. The number of rotatable bonds is 4. The zero-order valence-electron chi connectivity index (χ0n) is 10.8. The molecule has 0 aliphatic heterocycles. The minimum Gasteiger partial charge on any atom is -0.312 e. The summed E-state index contributed by atoms with van der Waals surface area (Å²) in [6, 6.07) is 17.5. The van der Waals surface area contributed by atoms with Crippen molar-refractivity contribution in [1.82, 2.24) is 5.32 Å². The third-order valence-corrected chi connectivity index (χ3v) is 3.80. The van der Waals surface area contributed by atoms with Gasteiger partial charge in [0.15, 0.2) is 0 Å². The van der Waals surface area contributed by atoms with Gasteiger partial charge in [-0.05, 0) is 30.0 Å². The van der Waals surface area contributed by atoms with Crippen molar-refractivity contribution < 1.29 is 0 Å². The minimum atomic E-state index is 0.714. The fourth-order valence-electron chi connectivity index (χ4n) is 2.64. The summed E-state index contributed by atoms with van der Waals surface area (Å²) in [4.78, 5) is 0. The molecule has 1 aliphatic carbocycles. The standard InChI is InChI=1S/C17H19N/c1-13-6-8-14(9-7-13)11-18-12-16-10-15-4-2-3-5-17(15)16/h2-9,16,18H,10-12H2,1H3. The van der Waals surface area contributed by atoms with Crippen LogP contribution in [0.4, 0.5) is 0 Å². The molecule has 2 aromatic rings. The summed E-state index contributed by atoms with van der Waals surface area (Å²) in [5, 5.41) is 3.56. The highest BCUT2D eigenvalue weighted by Crippen LogP contribution is 2.33. The lowest BCUT2D eigenvalue weighted by atomic mass is 9.77. The van der Waals surface area contributed by atoms with E-state index in [1.54, 1.807) is 0 Å². The molecule has 1 nitrogen and oxygen atoms in total. The summed E-state index contributed by atoms with van der Waals surface area (Å²) in [7, 11) is 0. The van der Waals surface area contributed by atoms with E-state index in [-0.39, 0.29) is 0 Å². The van der Waals surface area contributed by atoms with Crippen molar-refractivity contribution in [2.45, 2.75) is 25.8 Å². The summed E-state index contributed by atoms with van der Waals surface area (Å²) >= 11 is 0. The molecule has 0 saturated heterocycles.